The molecule has 1 atom stereocenters. The van der Waals surface area contributed by atoms with Gasteiger partial charge in [0.15, 0.2) is 0 Å². The van der Waals surface area contributed by atoms with E-state index in [1.54, 1.807) is 25.1 Å². The van der Waals surface area contributed by atoms with Crippen molar-refractivity contribution in [2.75, 3.05) is 18.8 Å². The van der Waals surface area contributed by atoms with Gasteiger partial charge in [-0.3, -0.25) is 0 Å². The molecule has 0 aromatic heterocycles. The van der Waals surface area contributed by atoms with Crippen LogP contribution in [0.15, 0.2) is 23.1 Å². The number of nitrogens with two attached hydrogens (primary N) is 1. The lowest BCUT2D eigenvalue weighted by Gasteiger charge is -2.18. The third-order valence-corrected chi connectivity index (χ3v) is 5.05. The summed E-state index contributed by atoms with van der Waals surface area (Å²) in [5.41, 5.74) is 6.63. The fourth-order valence-electron chi connectivity index (χ4n) is 2.09. The maximum atomic E-state index is 12.4. The van der Waals surface area contributed by atoms with E-state index in [0.29, 0.717) is 18.5 Å². The van der Waals surface area contributed by atoms with Crippen molar-refractivity contribution < 1.29 is 13.5 Å². The predicted molar refractivity (Wildman–Crippen MR) is 65.0 cm³/mol. The smallest absolute Gasteiger partial charge is 0.245 e. The van der Waals surface area contributed by atoms with Crippen molar-refractivity contribution in [3.8, 4) is 0 Å². The molecular weight excluding hydrogens is 240 g/mol. The van der Waals surface area contributed by atoms with E-state index in [4.69, 9.17) is 5.73 Å². The molecule has 17 heavy (non-hydrogen) atoms. The number of sulfonamides is 1. The van der Waals surface area contributed by atoms with Crippen LogP contribution in [0.2, 0.25) is 0 Å². The second-order valence-corrected chi connectivity index (χ2v) is 6.17. The summed E-state index contributed by atoms with van der Waals surface area (Å²) in [5.74, 6) is 0. The zero-order valence-electron chi connectivity index (χ0n) is 9.63. The predicted octanol–water partition coefficient (Wildman–Crippen LogP) is 0.333. The van der Waals surface area contributed by atoms with E-state index in [9.17, 15) is 13.5 Å². The molecule has 1 fully saturated rings. The number of hydrogen-bond donors (Lipinski definition) is 2. The highest BCUT2D eigenvalue weighted by molar-refractivity contribution is 7.89. The standard InChI is InChI=1S/C11H16N2O3S/c1-8-3-2-4-10(12)11(8)17(15,16)13-6-5-9(14)7-13/h2-4,9,14H,5-7,12H2,1H3/t9-/m0/s1. The van der Waals surface area contributed by atoms with Gasteiger partial charge in [0.05, 0.1) is 11.8 Å². The van der Waals surface area contributed by atoms with Gasteiger partial charge in [0.1, 0.15) is 4.90 Å². The third-order valence-electron chi connectivity index (χ3n) is 2.97. The van der Waals surface area contributed by atoms with Crippen LogP contribution in [-0.2, 0) is 10.0 Å². The Bertz CT molecular complexity index is 507. The van der Waals surface area contributed by atoms with E-state index in [-0.39, 0.29) is 17.1 Å². The Kier molecular flexibility index (Phi) is 3.11. The van der Waals surface area contributed by atoms with Gasteiger partial charge in [-0.2, -0.15) is 4.31 Å². The summed E-state index contributed by atoms with van der Waals surface area (Å²) in [6.45, 7) is 2.21. The van der Waals surface area contributed by atoms with Gasteiger partial charge in [-0.25, -0.2) is 8.42 Å². The Labute approximate surface area is 101 Å². The number of aryl methyl sites for hydroxylation is 1. The van der Waals surface area contributed by atoms with Crippen molar-refractivity contribution in [3.05, 3.63) is 23.8 Å². The molecule has 94 valence electrons. The summed E-state index contributed by atoms with van der Waals surface area (Å²) >= 11 is 0. The average Bonchev–Trinajstić information content (AvgIpc) is 2.64. The van der Waals surface area contributed by atoms with Crippen LogP contribution in [0.4, 0.5) is 5.69 Å². The highest BCUT2D eigenvalue weighted by atomic mass is 32.2. The minimum atomic E-state index is -3.58. The van der Waals surface area contributed by atoms with Gasteiger partial charge in [-0.15, -0.1) is 0 Å². The first-order valence-electron chi connectivity index (χ1n) is 5.46. The molecule has 0 amide bonds. The Morgan fingerprint density at radius 2 is 2.18 bits per heavy atom. The van der Waals surface area contributed by atoms with E-state index in [2.05, 4.69) is 0 Å². The van der Waals surface area contributed by atoms with Crippen molar-refractivity contribution in [1.82, 2.24) is 4.31 Å². The molecule has 1 aliphatic heterocycles. The van der Waals surface area contributed by atoms with Crippen molar-refractivity contribution in [2.24, 2.45) is 0 Å². The normalized spacial score (nSPS) is 21.9. The zero-order chi connectivity index (χ0) is 12.6. The highest BCUT2D eigenvalue weighted by Crippen LogP contribution is 2.28. The molecule has 0 saturated carbocycles. The fourth-order valence-corrected chi connectivity index (χ4v) is 3.90. The van der Waals surface area contributed by atoms with Crippen LogP contribution in [0.5, 0.6) is 0 Å². The summed E-state index contributed by atoms with van der Waals surface area (Å²) in [6.07, 6.45) is -0.0969. The topological polar surface area (TPSA) is 83.6 Å². The number of nitrogens with zero attached hydrogens (tertiary/aromatic N) is 1. The summed E-state index contributed by atoms with van der Waals surface area (Å²) in [7, 11) is -3.58. The summed E-state index contributed by atoms with van der Waals surface area (Å²) in [6, 6.07) is 5.02. The van der Waals surface area contributed by atoms with Crippen molar-refractivity contribution in [3.63, 3.8) is 0 Å². The van der Waals surface area contributed by atoms with E-state index < -0.39 is 16.1 Å². The molecule has 1 aromatic carbocycles. The number of aliphatic hydroxyl groups is 1. The van der Waals surface area contributed by atoms with E-state index >= 15 is 0 Å². The van der Waals surface area contributed by atoms with Crippen LogP contribution in [0.1, 0.15) is 12.0 Å². The molecule has 0 aliphatic carbocycles. The van der Waals surface area contributed by atoms with E-state index in [1.807, 2.05) is 0 Å². The molecular formula is C11H16N2O3S. The molecule has 0 radical (unpaired) electrons. The van der Waals surface area contributed by atoms with Crippen LogP contribution in [0.25, 0.3) is 0 Å². The molecule has 2 rings (SSSR count). The van der Waals surface area contributed by atoms with Crippen LogP contribution in [-0.4, -0.2) is 37.0 Å². The number of aliphatic hydroxyl groups excluding tert-OH is 1. The molecule has 5 nitrogen and oxygen atoms in total. The van der Waals surface area contributed by atoms with Crippen LogP contribution in [0, 0.1) is 6.92 Å². The zero-order valence-corrected chi connectivity index (χ0v) is 10.4. The molecule has 0 unspecified atom stereocenters. The summed E-state index contributed by atoms with van der Waals surface area (Å²) in [4.78, 5) is 0.161. The van der Waals surface area contributed by atoms with Gasteiger partial charge >= 0.3 is 0 Å². The second-order valence-electron chi connectivity index (χ2n) is 4.30. The maximum Gasteiger partial charge on any atom is 0.245 e. The Morgan fingerprint density at radius 1 is 1.47 bits per heavy atom. The quantitative estimate of drug-likeness (QED) is 0.747. The molecule has 1 saturated heterocycles. The molecule has 1 aliphatic rings. The van der Waals surface area contributed by atoms with Gasteiger partial charge < -0.3 is 10.8 Å². The van der Waals surface area contributed by atoms with Crippen LogP contribution >= 0.6 is 0 Å². The van der Waals surface area contributed by atoms with Gasteiger partial charge in [0.2, 0.25) is 10.0 Å². The lowest BCUT2D eigenvalue weighted by molar-refractivity contribution is 0.189. The molecule has 6 heteroatoms. The SMILES string of the molecule is Cc1cccc(N)c1S(=O)(=O)N1CC[C@H](O)C1. The Morgan fingerprint density at radius 3 is 2.71 bits per heavy atom. The summed E-state index contributed by atoms with van der Waals surface area (Å²) in [5, 5.41) is 9.41. The molecule has 3 N–H and O–H groups in total. The van der Waals surface area contributed by atoms with Crippen molar-refractivity contribution in [2.45, 2.75) is 24.3 Å². The number of anilines is 1. The average molecular weight is 256 g/mol. The number of nitrogen functional groups attached to an aromatic ring is 1. The first kappa shape index (κ1) is 12.3. The monoisotopic (exact) mass is 256 g/mol. The molecule has 0 bridgehead atoms. The first-order chi connectivity index (χ1) is 7.93. The maximum absolute atomic E-state index is 12.4. The van der Waals surface area contributed by atoms with Crippen LogP contribution < -0.4 is 5.73 Å². The number of benzene rings is 1. The van der Waals surface area contributed by atoms with Crippen molar-refractivity contribution >= 4 is 15.7 Å². The van der Waals surface area contributed by atoms with Crippen molar-refractivity contribution in [1.29, 1.82) is 0 Å². The van der Waals surface area contributed by atoms with E-state index in [1.165, 1.54) is 4.31 Å². The number of hydrogen-bond acceptors (Lipinski definition) is 4. The largest absolute Gasteiger partial charge is 0.398 e. The first-order valence-corrected chi connectivity index (χ1v) is 6.90. The molecule has 1 aromatic rings. The lowest BCUT2D eigenvalue weighted by Crippen LogP contribution is -2.30. The highest BCUT2D eigenvalue weighted by Gasteiger charge is 2.33. The fraction of sp³-hybridized carbons (Fsp3) is 0.455. The minimum absolute atomic E-state index is 0.149. The Hall–Kier alpha value is -1.11. The second kappa shape index (κ2) is 4.29. The third kappa shape index (κ3) is 2.15. The van der Waals surface area contributed by atoms with Crippen LogP contribution in [0.3, 0.4) is 0 Å². The number of β-amino-alcohol motifs (C(OH)–C–C–N with tert-alkyl or cyclic N) is 1. The minimum Gasteiger partial charge on any atom is -0.398 e. The molecule has 1 heterocycles. The van der Waals surface area contributed by atoms with Gasteiger partial charge in [0.25, 0.3) is 0 Å². The lowest BCUT2D eigenvalue weighted by atomic mass is 10.2. The van der Waals surface area contributed by atoms with Gasteiger partial charge in [-0.1, -0.05) is 12.1 Å². The number of rotatable bonds is 2. The van der Waals surface area contributed by atoms with Gasteiger partial charge in [0, 0.05) is 13.1 Å². The summed E-state index contributed by atoms with van der Waals surface area (Å²) < 4.78 is 26.0. The molecule has 0 spiro atoms. The Balaban J connectivity index is 2.45. The van der Waals surface area contributed by atoms with Gasteiger partial charge in [-0.05, 0) is 25.0 Å². The van der Waals surface area contributed by atoms with E-state index in [0.717, 1.165) is 0 Å².